The van der Waals surface area contributed by atoms with Gasteiger partial charge in [0.15, 0.2) is 0 Å². The van der Waals surface area contributed by atoms with Crippen molar-refractivity contribution >= 4 is 11.8 Å². The SMILES string of the molecule is C[C@H](NC(=O)c1cccnc1)C(=O)N1CCc2ccc(-c3ccc(C(F)(F)F)cc3)cc2C1. The Bertz CT molecular complexity index is 1160. The Morgan fingerprint density at radius 1 is 1.03 bits per heavy atom. The lowest BCUT2D eigenvalue weighted by molar-refractivity contribution is -0.137. The molecule has 8 heteroatoms. The van der Waals surface area contributed by atoms with Gasteiger partial charge in [-0.2, -0.15) is 13.2 Å². The van der Waals surface area contributed by atoms with Crippen molar-refractivity contribution in [3.8, 4) is 11.1 Å². The maximum absolute atomic E-state index is 13.0. The first-order valence-corrected chi connectivity index (χ1v) is 10.5. The monoisotopic (exact) mass is 453 g/mol. The smallest absolute Gasteiger partial charge is 0.340 e. The van der Waals surface area contributed by atoms with Gasteiger partial charge >= 0.3 is 6.18 Å². The lowest BCUT2D eigenvalue weighted by Crippen LogP contribution is -2.48. The van der Waals surface area contributed by atoms with E-state index in [0.29, 0.717) is 30.6 Å². The second-order valence-electron chi connectivity index (χ2n) is 8.01. The van der Waals surface area contributed by atoms with Crippen molar-refractivity contribution in [3.05, 3.63) is 89.2 Å². The molecule has 0 spiro atoms. The first-order chi connectivity index (χ1) is 15.7. The van der Waals surface area contributed by atoms with E-state index in [1.165, 1.54) is 18.3 Å². The quantitative estimate of drug-likeness (QED) is 0.634. The van der Waals surface area contributed by atoms with E-state index >= 15 is 0 Å². The molecule has 0 radical (unpaired) electrons. The van der Waals surface area contributed by atoms with E-state index in [1.807, 2.05) is 18.2 Å². The van der Waals surface area contributed by atoms with Gasteiger partial charge in [-0.25, -0.2) is 0 Å². The molecular weight excluding hydrogens is 431 g/mol. The maximum atomic E-state index is 13.0. The lowest BCUT2D eigenvalue weighted by Gasteiger charge is -2.31. The van der Waals surface area contributed by atoms with Crippen molar-refractivity contribution in [3.63, 3.8) is 0 Å². The number of hydrogen-bond donors (Lipinski definition) is 1. The highest BCUT2D eigenvalue weighted by atomic mass is 19.4. The molecular formula is C25H22F3N3O2. The van der Waals surface area contributed by atoms with Crippen LogP contribution in [-0.2, 0) is 23.9 Å². The second-order valence-corrected chi connectivity index (χ2v) is 8.01. The highest BCUT2D eigenvalue weighted by Crippen LogP contribution is 2.32. The maximum Gasteiger partial charge on any atom is 0.416 e. The largest absolute Gasteiger partial charge is 0.416 e. The van der Waals surface area contributed by atoms with Gasteiger partial charge in [0.25, 0.3) is 5.91 Å². The molecule has 2 heterocycles. The number of pyridine rings is 1. The third kappa shape index (κ3) is 5.05. The molecule has 33 heavy (non-hydrogen) atoms. The molecule has 0 aliphatic carbocycles. The average Bonchev–Trinajstić information content (AvgIpc) is 2.83. The number of rotatable bonds is 4. The van der Waals surface area contributed by atoms with E-state index in [1.54, 1.807) is 30.2 Å². The summed E-state index contributed by atoms with van der Waals surface area (Å²) >= 11 is 0. The Labute approximate surface area is 189 Å². The van der Waals surface area contributed by atoms with E-state index in [2.05, 4.69) is 10.3 Å². The number of hydrogen-bond acceptors (Lipinski definition) is 3. The molecule has 1 atom stereocenters. The Balaban J connectivity index is 1.46. The highest BCUT2D eigenvalue weighted by molar-refractivity contribution is 5.97. The zero-order valence-corrected chi connectivity index (χ0v) is 17.9. The van der Waals surface area contributed by atoms with Gasteiger partial charge in [-0.05, 0) is 65.9 Å². The number of nitrogens with zero attached hydrogens (tertiary/aromatic N) is 2. The summed E-state index contributed by atoms with van der Waals surface area (Å²) < 4.78 is 38.5. The third-order valence-corrected chi connectivity index (χ3v) is 5.72. The van der Waals surface area contributed by atoms with Gasteiger partial charge in [-0.15, -0.1) is 0 Å². The number of aromatic nitrogens is 1. The molecule has 5 nitrogen and oxygen atoms in total. The van der Waals surface area contributed by atoms with Gasteiger partial charge in [-0.3, -0.25) is 14.6 Å². The van der Waals surface area contributed by atoms with Crippen LogP contribution >= 0.6 is 0 Å². The number of benzene rings is 2. The van der Waals surface area contributed by atoms with Crippen molar-refractivity contribution in [2.24, 2.45) is 0 Å². The number of carbonyl (C=O) groups excluding carboxylic acids is 2. The molecule has 0 bridgehead atoms. The fraction of sp³-hybridized carbons (Fsp3) is 0.240. The average molecular weight is 453 g/mol. The first-order valence-electron chi connectivity index (χ1n) is 10.5. The summed E-state index contributed by atoms with van der Waals surface area (Å²) in [5.74, 6) is -0.566. The minimum Gasteiger partial charge on any atom is -0.340 e. The molecule has 3 aromatic rings. The summed E-state index contributed by atoms with van der Waals surface area (Å²) in [7, 11) is 0. The number of alkyl halides is 3. The van der Waals surface area contributed by atoms with Crippen LogP contribution in [0.15, 0.2) is 67.0 Å². The molecule has 0 unspecified atom stereocenters. The molecule has 4 rings (SSSR count). The second kappa shape index (κ2) is 9.05. The van der Waals surface area contributed by atoms with E-state index in [9.17, 15) is 22.8 Å². The van der Waals surface area contributed by atoms with Crippen LogP contribution in [0.25, 0.3) is 11.1 Å². The normalized spacial score (nSPS) is 14.4. The predicted octanol–water partition coefficient (Wildman–Crippen LogP) is 4.47. The molecule has 1 aliphatic rings. The highest BCUT2D eigenvalue weighted by Gasteiger charge is 2.30. The van der Waals surface area contributed by atoms with Crippen LogP contribution in [-0.4, -0.2) is 34.3 Å². The lowest BCUT2D eigenvalue weighted by atomic mass is 9.94. The summed E-state index contributed by atoms with van der Waals surface area (Å²) in [6, 6.07) is 13.4. The minimum absolute atomic E-state index is 0.196. The van der Waals surface area contributed by atoms with Crippen molar-refractivity contribution in [1.29, 1.82) is 0 Å². The van der Waals surface area contributed by atoms with Crippen LogP contribution in [0.2, 0.25) is 0 Å². The summed E-state index contributed by atoms with van der Waals surface area (Å²) in [5, 5.41) is 2.71. The number of halogens is 3. The topological polar surface area (TPSA) is 62.3 Å². The molecule has 1 aromatic heterocycles. The molecule has 0 fully saturated rings. The summed E-state index contributed by atoms with van der Waals surface area (Å²) in [6.45, 7) is 2.54. The van der Waals surface area contributed by atoms with Crippen LogP contribution in [0.3, 0.4) is 0 Å². The van der Waals surface area contributed by atoms with Gasteiger partial charge in [-0.1, -0.05) is 24.3 Å². The van der Waals surface area contributed by atoms with E-state index in [-0.39, 0.29) is 11.8 Å². The predicted molar refractivity (Wildman–Crippen MR) is 117 cm³/mol. The fourth-order valence-electron chi connectivity index (χ4n) is 3.89. The minimum atomic E-state index is -4.38. The van der Waals surface area contributed by atoms with Crippen LogP contribution in [0, 0.1) is 0 Å². The van der Waals surface area contributed by atoms with Crippen LogP contribution in [0.1, 0.15) is 34.0 Å². The van der Waals surface area contributed by atoms with Crippen LogP contribution in [0.5, 0.6) is 0 Å². The number of nitrogens with one attached hydrogen (secondary N) is 1. The van der Waals surface area contributed by atoms with Crippen LogP contribution < -0.4 is 5.32 Å². The first kappa shape index (κ1) is 22.5. The van der Waals surface area contributed by atoms with Crippen molar-refractivity contribution in [1.82, 2.24) is 15.2 Å². The Kier molecular flexibility index (Phi) is 6.18. The van der Waals surface area contributed by atoms with E-state index in [0.717, 1.165) is 28.8 Å². The third-order valence-electron chi connectivity index (χ3n) is 5.72. The van der Waals surface area contributed by atoms with E-state index in [4.69, 9.17) is 0 Å². The molecule has 2 aromatic carbocycles. The molecule has 0 saturated heterocycles. The Hall–Kier alpha value is -3.68. The number of carbonyl (C=O) groups is 2. The van der Waals surface area contributed by atoms with Gasteiger partial charge in [0.2, 0.25) is 5.91 Å². The number of fused-ring (bicyclic) bond motifs is 1. The zero-order valence-electron chi connectivity index (χ0n) is 17.9. The molecule has 1 N–H and O–H groups in total. The number of amides is 2. The van der Waals surface area contributed by atoms with Gasteiger partial charge in [0.1, 0.15) is 6.04 Å². The Morgan fingerprint density at radius 3 is 2.42 bits per heavy atom. The van der Waals surface area contributed by atoms with Crippen LogP contribution in [0.4, 0.5) is 13.2 Å². The summed E-state index contributed by atoms with van der Waals surface area (Å²) in [5.41, 5.74) is 3.19. The standard InChI is InChI=1S/C25H22F3N3O2/c1-16(30-23(32)20-3-2-11-29-14-20)24(33)31-12-10-18-4-5-19(13-21(18)15-31)17-6-8-22(9-7-17)25(26,27)28/h2-9,11,13-14,16H,10,12,15H2,1H3,(H,30,32)/t16-/m0/s1. The molecule has 2 amide bonds. The van der Waals surface area contributed by atoms with E-state index < -0.39 is 17.8 Å². The van der Waals surface area contributed by atoms with Gasteiger partial charge in [0, 0.05) is 25.5 Å². The van der Waals surface area contributed by atoms with Crippen molar-refractivity contribution in [2.45, 2.75) is 32.1 Å². The van der Waals surface area contributed by atoms with Gasteiger partial charge in [0.05, 0.1) is 11.1 Å². The molecule has 0 saturated carbocycles. The van der Waals surface area contributed by atoms with Gasteiger partial charge < -0.3 is 10.2 Å². The zero-order chi connectivity index (χ0) is 23.6. The molecule has 1 aliphatic heterocycles. The fourth-order valence-corrected chi connectivity index (χ4v) is 3.89. The summed E-state index contributed by atoms with van der Waals surface area (Å²) in [6.07, 6.45) is -0.710. The van der Waals surface area contributed by atoms with Crippen molar-refractivity contribution in [2.75, 3.05) is 6.54 Å². The molecule has 170 valence electrons. The Morgan fingerprint density at radius 2 is 1.76 bits per heavy atom. The van der Waals surface area contributed by atoms with Crippen molar-refractivity contribution < 1.29 is 22.8 Å². The summed E-state index contributed by atoms with van der Waals surface area (Å²) in [4.78, 5) is 30.9.